The molecule has 1 heterocycles. The Labute approximate surface area is 127 Å². The van der Waals surface area contributed by atoms with Crippen molar-refractivity contribution < 1.29 is 22.7 Å². The molecule has 0 bridgehead atoms. The van der Waals surface area contributed by atoms with Crippen molar-refractivity contribution in [2.75, 3.05) is 5.75 Å². The van der Waals surface area contributed by atoms with Gasteiger partial charge in [0.1, 0.15) is 11.5 Å². The molecule has 8 heteroatoms. The molecule has 3 N–H and O–H groups in total. The summed E-state index contributed by atoms with van der Waals surface area (Å²) in [7, 11) is -3.49. The first-order valence-corrected chi connectivity index (χ1v) is 8.50. The summed E-state index contributed by atoms with van der Waals surface area (Å²) in [5.41, 5.74) is 0.530. The Bertz CT molecular complexity index is 799. The summed E-state index contributed by atoms with van der Waals surface area (Å²) in [6, 6.07) is 3.82. The van der Waals surface area contributed by atoms with E-state index in [0.29, 0.717) is 17.3 Å². The van der Waals surface area contributed by atoms with Gasteiger partial charge in [-0.25, -0.2) is 22.3 Å². The number of hydrogen-bond acceptors (Lipinski definition) is 3. The first-order chi connectivity index (χ1) is 10.3. The Kier molecular flexibility index (Phi) is 4.82. The lowest BCUT2D eigenvalue weighted by molar-refractivity contribution is 0.0690. The molecule has 120 valence electrons. The molecule has 2 aromatic rings. The van der Waals surface area contributed by atoms with Gasteiger partial charge in [-0.2, -0.15) is 0 Å². The minimum atomic E-state index is -3.49. The number of sulfonamides is 1. The SMILES string of the molecule is CCCCS(=O)(=O)NCc1c(C(=O)O)[nH]c2ccc(F)cc12. The number of fused-ring (bicyclic) bond motifs is 1. The number of carboxylic acids is 1. The largest absolute Gasteiger partial charge is 0.477 e. The van der Waals surface area contributed by atoms with Crippen molar-refractivity contribution in [1.82, 2.24) is 9.71 Å². The molecule has 0 aliphatic carbocycles. The van der Waals surface area contributed by atoms with E-state index in [9.17, 15) is 22.7 Å². The highest BCUT2D eigenvalue weighted by Crippen LogP contribution is 2.23. The molecule has 0 atom stereocenters. The Hall–Kier alpha value is -1.93. The molecule has 1 aromatic heterocycles. The molecule has 0 aliphatic heterocycles. The van der Waals surface area contributed by atoms with Crippen LogP contribution < -0.4 is 4.72 Å². The van der Waals surface area contributed by atoms with E-state index in [4.69, 9.17) is 0 Å². The van der Waals surface area contributed by atoms with Crippen LogP contribution in [0, 0.1) is 5.82 Å². The molecular formula is C14H17FN2O4S. The van der Waals surface area contributed by atoms with Crippen molar-refractivity contribution in [2.24, 2.45) is 0 Å². The summed E-state index contributed by atoms with van der Waals surface area (Å²) in [6.07, 6.45) is 1.25. The fourth-order valence-corrected chi connectivity index (χ4v) is 3.35. The van der Waals surface area contributed by atoms with E-state index in [1.54, 1.807) is 0 Å². The molecule has 0 fully saturated rings. The van der Waals surface area contributed by atoms with E-state index < -0.39 is 21.8 Å². The topological polar surface area (TPSA) is 99.3 Å². The van der Waals surface area contributed by atoms with E-state index in [0.717, 1.165) is 6.42 Å². The monoisotopic (exact) mass is 328 g/mol. The van der Waals surface area contributed by atoms with Gasteiger partial charge in [0.25, 0.3) is 0 Å². The maximum absolute atomic E-state index is 13.4. The Balaban J connectivity index is 2.35. The highest BCUT2D eigenvalue weighted by Gasteiger charge is 2.19. The smallest absolute Gasteiger partial charge is 0.352 e. The fourth-order valence-electron chi connectivity index (χ4n) is 2.17. The average Bonchev–Trinajstić information content (AvgIpc) is 2.81. The maximum Gasteiger partial charge on any atom is 0.352 e. The normalized spacial score (nSPS) is 11.9. The Morgan fingerprint density at radius 1 is 1.41 bits per heavy atom. The molecule has 6 nitrogen and oxygen atoms in total. The molecule has 0 radical (unpaired) electrons. The molecule has 0 saturated heterocycles. The number of aromatic nitrogens is 1. The minimum absolute atomic E-state index is 0.0252. The lowest BCUT2D eigenvalue weighted by atomic mass is 10.1. The fraction of sp³-hybridized carbons (Fsp3) is 0.357. The van der Waals surface area contributed by atoms with Crippen LogP contribution in [0.15, 0.2) is 18.2 Å². The molecule has 1 aromatic carbocycles. The van der Waals surface area contributed by atoms with Crippen LogP contribution in [0.3, 0.4) is 0 Å². The standard InChI is InChI=1S/C14H17FN2O4S/c1-2-3-6-22(20,21)16-8-11-10-7-9(15)4-5-12(10)17-13(11)14(18)19/h4-5,7,16-17H,2-3,6,8H2,1H3,(H,18,19). The number of aromatic amines is 1. The molecule has 0 unspecified atom stereocenters. The zero-order chi connectivity index (χ0) is 16.3. The number of H-pyrrole nitrogens is 1. The van der Waals surface area contributed by atoms with Crippen molar-refractivity contribution in [3.8, 4) is 0 Å². The van der Waals surface area contributed by atoms with E-state index in [1.165, 1.54) is 18.2 Å². The maximum atomic E-state index is 13.4. The summed E-state index contributed by atoms with van der Waals surface area (Å²) < 4.78 is 39.4. The third-order valence-electron chi connectivity index (χ3n) is 3.32. The van der Waals surface area contributed by atoms with Gasteiger partial charge in [0.05, 0.1) is 5.75 Å². The van der Waals surface area contributed by atoms with Gasteiger partial charge >= 0.3 is 5.97 Å². The summed E-state index contributed by atoms with van der Waals surface area (Å²) in [4.78, 5) is 13.9. The lowest BCUT2D eigenvalue weighted by Crippen LogP contribution is -2.26. The van der Waals surface area contributed by atoms with Gasteiger partial charge in [-0.1, -0.05) is 13.3 Å². The summed E-state index contributed by atoms with van der Waals surface area (Å²) in [5.74, 6) is -1.76. The van der Waals surface area contributed by atoms with Crippen LogP contribution in [0.4, 0.5) is 4.39 Å². The number of nitrogens with one attached hydrogen (secondary N) is 2. The minimum Gasteiger partial charge on any atom is -0.477 e. The van der Waals surface area contributed by atoms with Crippen LogP contribution >= 0.6 is 0 Å². The van der Waals surface area contributed by atoms with Crippen LogP contribution in [0.5, 0.6) is 0 Å². The first kappa shape index (κ1) is 16.4. The van der Waals surface area contributed by atoms with Crippen LogP contribution in [0.1, 0.15) is 35.8 Å². The van der Waals surface area contributed by atoms with Gasteiger partial charge in [-0.15, -0.1) is 0 Å². The number of halogens is 1. The molecule has 0 saturated carbocycles. The Morgan fingerprint density at radius 2 is 2.14 bits per heavy atom. The molecule has 0 aliphatic rings. The number of benzene rings is 1. The van der Waals surface area contributed by atoms with Crippen molar-refractivity contribution in [2.45, 2.75) is 26.3 Å². The molecule has 22 heavy (non-hydrogen) atoms. The van der Waals surface area contributed by atoms with Gasteiger partial charge in [-0.05, 0) is 24.6 Å². The van der Waals surface area contributed by atoms with Gasteiger partial charge in [0.15, 0.2) is 0 Å². The number of rotatable bonds is 7. The van der Waals surface area contributed by atoms with Crippen molar-refractivity contribution in [3.63, 3.8) is 0 Å². The quantitative estimate of drug-likeness (QED) is 0.725. The number of aromatic carboxylic acids is 1. The zero-order valence-corrected chi connectivity index (χ0v) is 12.8. The number of hydrogen-bond donors (Lipinski definition) is 3. The third-order valence-corrected chi connectivity index (χ3v) is 4.73. The Morgan fingerprint density at radius 3 is 2.77 bits per heavy atom. The van der Waals surface area contributed by atoms with E-state index in [2.05, 4.69) is 9.71 Å². The van der Waals surface area contributed by atoms with E-state index >= 15 is 0 Å². The lowest BCUT2D eigenvalue weighted by Gasteiger charge is -2.06. The van der Waals surface area contributed by atoms with Crippen LogP contribution in [0.25, 0.3) is 10.9 Å². The molecule has 0 spiro atoms. The third kappa shape index (κ3) is 3.63. The van der Waals surface area contributed by atoms with Crippen LogP contribution in [0.2, 0.25) is 0 Å². The van der Waals surface area contributed by atoms with Gasteiger partial charge in [0, 0.05) is 23.0 Å². The van der Waals surface area contributed by atoms with Gasteiger partial charge in [-0.3, -0.25) is 0 Å². The number of carbonyl (C=O) groups is 1. The van der Waals surface area contributed by atoms with Crippen molar-refractivity contribution in [3.05, 3.63) is 35.3 Å². The predicted molar refractivity (Wildman–Crippen MR) is 80.8 cm³/mol. The van der Waals surface area contributed by atoms with E-state index in [1.807, 2.05) is 6.92 Å². The second-order valence-corrected chi connectivity index (χ2v) is 6.89. The van der Waals surface area contributed by atoms with Crippen molar-refractivity contribution >= 4 is 26.9 Å². The summed E-state index contributed by atoms with van der Waals surface area (Å²) in [5, 5.41) is 9.56. The van der Waals surface area contributed by atoms with Gasteiger partial charge < -0.3 is 10.1 Å². The predicted octanol–water partition coefficient (Wildman–Crippen LogP) is 2.22. The second kappa shape index (κ2) is 6.45. The number of unbranched alkanes of at least 4 members (excludes halogenated alkanes) is 1. The molecule has 0 amide bonds. The average molecular weight is 328 g/mol. The highest BCUT2D eigenvalue weighted by atomic mass is 32.2. The first-order valence-electron chi connectivity index (χ1n) is 6.85. The molecular weight excluding hydrogens is 311 g/mol. The van der Waals surface area contributed by atoms with Crippen molar-refractivity contribution in [1.29, 1.82) is 0 Å². The summed E-state index contributed by atoms with van der Waals surface area (Å²) >= 11 is 0. The van der Waals surface area contributed by atoms with Crippen LogP contribution in [-0.2, 0) is 16.6 Å². The second-order valence-electron chi connectivity index (χ2n) is 4.97. The zero-order valence-electron chi connectivity index (χ0n) is 12.0. The van der Waals surface area contributed by atoms with Crippen LogP contribution in [-0.4, -0.2) is 30.2 Å². The summed E-state index contributed by atoms with van der Waals surface area (Å²) in [6.45, 7) is 1.68. The van der Waals surface area contributed by atoms with Gasteiger partial charge in [0.2, 0.25) is 10.0 Å². The molecule has 2 rings (SSSR count). The number of carboxylic acid groups (broad SMARTS) is 1. The van der Waals surface area contributed by atoms with E-state index in [-0.39, 0.29) is 23.6 Å². The highest BCUT2D eigenvalue weighted by molar-refractivity contribution is 7.89.